The molecule has 0 aliphatic rings. The van der Waals surface area contributed by atoms with Crippen molar-refractivity contribution in [1.29, 1.82) is 0 Å². The molecular weight excluding hydrogens is 608 g/mol. The second-order valence-electron chi connectivity index (χ2n) is 10.8. The topological polar surface area (TPSA) is 46.1 Å². The van der Waals surface area contributed by atoms with E-state index in [0.29, 0.717) is 0 Å². The van der Waals surface area contributed by atoms with Crippen molar-refractivity contribution >= 4 is 27.0 Å². The zero-order valence-electron chi connectivity index (χ0n) is 26.2. The average Bonchev–Trinajstić information content (AvgIpc) is 3.51. The normalized spacial score (nSPS) is 9.76. The van der Waals surface area contributed by atoms with Crippen LogP contribution in [0.2, 0.25) is 13.1 Å². The van der Waals surface area contributed by atoms with Crippen molar-refractivity contribution in [1.82, 2.24) is 0 Å². The van der Waals surface area contributed by atoms with Crippen molar-refractivity contribution in [2.24, 2.45) is 0 Å². The van der Waals surface area contributed by atoms with Crippen LogP contribution in [0.25, 0.3) is 21.5 Å². The molecule has 6 rings (SSSR count). The van der Waals surface area contributed by atoms with Crippen LogP contribution in [0.3, 0.4) is 0 Å². The predicted octanol–water partition coefficient (Wildman–Crippen LogP) is 9.27. The maximum absolute atomic E-state index is 11.0. The molecule has 2 nitrogen and oxygen atoms in total. The molecule has 0 radical (unpaired) electrons. The molecule has 4 heteroatoms. The summed E-state index contributed by atoms with van der Waals surface area (Å²) < 4.78 is 0. The number of hydrogen-bond acceptors (Lipinski definition) is 2. The molecule has 6 aromatic carbocycles. The van der Waals surface area contributed by atoms with Crippen LogP contribution in [0.5, 0.6) is 11.5 Å². The van der Waals surface area contributed by atoms with Gasteiger partial charge in [-0.05, 0) is 27.7 Å². The van der Waals surface area contributed by atoms with E-state index in [2.05, 4.69) is 99.7 Å². The second kappa shape index (κ2) is 17.7. The van der Waals surface area contributed by atoms with Gasteiger partial charge in [-0.15, -0.1) is 92.7 Å². The Hall–Kier alpha value is -3.20. The summed E-state index contributed by atoms with van der Waals surface area (Å²) in [6.07, 6.45) is 0. The van der Waals surface area contributed by atoms with Crippen LogP contribution < -0.4 is 10.2 Å². The summed E-state index contributed by atoms with van der Waals surface area (Å²) in [4.78, 5) is 0. The van der Waals surface area contributed by atoms with Crippen molar-refractivity contribution in [2.75, 3.05) is 0 Å². The van der Waals surface area contributed by atoms with Crippen LogP contribution in [0.4, 0.5) is 0 Å². The molecule has 216 valence electrons. The van der Waals surface area contributed by atoms with Gasteiger partial charge < -0.3 is 10.2 Å². The van der Waals surface area contributed by atoms with Crippen molar-refractivity contribution in [3.05, 3.63) is 143 Å². The molecule has 0 fully saturated rings. The van der Waals surface area contributed by atoms with E-state index in [1.807, 2.05) is 64.1 Å². The minimum absolute atomic E-state index is 0.164. The number of hydrogen-bond donors (Lipinski definition) is 0. The summed E-state index contributed by atoms with van der Waals surface area (Å²) >= 11 is 1.74. The average molecular weight is 650 g/mol. The van der Waals surface area contributed by atoms with E-state index < -0.39 is 0 Å². The fraction of sp³-hybridized carbons (Fsp3) is 0.211. The molecule has 6 aromatic rings. The quantitative estimate of drug-likeness (QED) is 0.122. The molecule has 0 atom stereocenters. The number of benzene rings is 4. The van der Waals surface area contributed by atoms with Gasteiger partial charge in [0.1, 0.15) is 0 Å². The third kappa shape index (κ3) is 12.0. The van der Waals surface area contributed by atoms with Gasteiger partial charge in [0, 0.05) is 0 Å². The van der Waals surface area contributed by atoms with Crippen molar-refractivity contribution < 1.29 is 33.5 Å². The van der Waals surface area contributed by atoms with Gasteiger partial charge in [0.2, 0.25) is 0 Å². The van der Waals surface area contributed by atoms with Gasteiger partial charge in [-0.3, -0.25) is 0 Å². The molecule has 42 heavy (non-hydrogen) atoms. The molecule has 0 saturated carbocycles. The summed E-state index contributed by atoms with van der Waals surface area (Å²) in [5.74, 6) is 0.329. The smallest absolute Gasteiger partial charge is 0.0404 e. The Morgan fingerprint density at radius 1 is 0.500 bits per heavy atom. The standard InChI is InChI=1S/2C10H9.2C8H10O.C2H6Si.Zr/c2*1-8-6-9-4-2-3-5-10(9)7-8;2*1-6-4-3-5-7(2)8(6)9;1-3-2;/h2*2-7H,1H3;2*3-5,9H,1-2H3;1-2H3;/q2*-1;;;;+2/p-2. The summed E-state index contributed by atoms with van der Waals surface area (Å²) in [6.45, 7) is 16.2. The van der Waals surface area contributed by atoms with Gasteiger partial charge in [0.05, 0.1) is 0 Å². The number of para-hydroxylation sites is 2. The molecule has 0 heterocycles. The summed E-state index contributed by atoms with van der Waals surface area (Å²) in [5, 5.41) is 27.3. The monoisotopic (exact) mass is 648 g/mol. The second-order valence-corrected chi connectivity index (χ2v) is 20.1. The summed E-state index contributed by atoms with van der Waals surface area (Å²) in [6, 6.07) is 36.8. The van der Waals surface area contributed by atoms with E-state index >= 15 is 0 Å². The van der Waals surface area contributed by atoms with Crippen LogP contribution in [0.15, 0.2) is 109 Å². The first kappa shape index (κ1) is 35.0. The van der Waals surface area contributed by atoms with E-state index in [1.165, 1.54) is 32.7 Å². The van der Waals surface area contributed by atoms with Crippen LogP contribution in [0.1, 0.15) is 33.4 Å². The first-order valence-electron chi connectivity index (χ1n) is 14.1. The summed E-state index contributed by atoms with van der Waals surface area (Å²) in [7, 11) is 0. The SMILES string of the molecule is C[Si](C)=[Zr+2].Cc1cc2ccccc2[cH-]1.Cc1cc2ccccc2[cH-]1.Cc1cccc(C)c1[O-].Cc1cccc(C)c1[O-]. The molecule has 0 amide bonds. The maximum atomic E-state index is 11.0. The number of rotatable bonds is 0. The molecule has 0 aromatic heterocycles. The third-order valence-electron chi connectivity index (χ3n) is 6.34. The van der Waals surface area contributed by atoms with E-state index in [4.69, 9.17) is 0 Å². The Labute approximate surface area is 267 Å². The van der Waals surface area contributed by atoms with Gasteiger partial charge >= 0.3 is 41.9 Å². The van der Waals surface area contributed by atoms with E-state index in [9.17, 15) is 10.2 Å². The fourth-order valence-corrected chi connectivity index (χ4v) is 4.21. The molecule has 0 aliphatic carbocycles. The zero-order valence-corrected chi connectivity index (χ0v) is 29.7. The Kier molecular flexibility index (Phi) is 14.7. The Balaban J connectivity index is 0.000000188. The molecule has 0 unspecified atom stereocenters. The molecule has 0 saturated heterocycles. The molecular formula is C38H42O2SiZr-2. The Morgan fingerprint density at radius 3 is 1.05 bits per heavy atom. The summed E-state index contributed by atoms with van der Waals surface area (Å²) in [5.41, 5.74) is 6.22. The van der Waals surface area contributed by atoms with Crippen molar-refractivity contribution in [3.8, 4) is 11.5 Å². The Morgan fingerprint density at radius 2 is 0.786 bits per heavy atom. The van der Waals surface area contributed by atoms with Crippen LogP contribution >= 0.6 is 0 Å². The first-order chi connectivity index (χ1) is 19.9. The predicted molar refractivity (Wildman–Crippen MR) is 177 cm³/mol. The van der Waals surface area contributed by atoms with Crippen LogP contribution in [-0.2, 0) is 23.3 Å². The van der Waals surface area contributed by atoms with Gasteiger partial charge in [-0.2, -0.15) is 12.1 Å². The zero-order chi connectivity index (χ0) is 31.2. The van der Waals surface area contributed by atoms with E-state index in [-0.39, 0.29) is 16.9 Å². The molecule has 0 spiro atoms. The van der Waals surface area contributed by atoms with Gasteiger partial charge in [-0.1, -0.05) is 84.6 Å². The Bertz CT molecular complexity index is 1480. The first-order valence-corrected chi connectivity index (χ1v) is 20.3. The van der Waals surface area contributed by atoms with Gasteiger partial charge in [0.25, 0.3) is 0 Å². The van der Waals surface area contributed by atoms with Crippen molar-refractivity contribution in [3.63, 3.8) is 0 Å². The number of fused-ring (bicyclic) bond motifs is 2. The minimum atomic E-state index is 0.164. The largest absolute Gasteiger partial charge is 0.872 e. The van der Waals surface area contributed by atoms with E-state index in [0.717, 1.165) is 22.3 Å². The molecule has 0 bridgehead atoms. The maximum Gasteiger partial charge on any atom is -0.0404 e. The van der Waals surface area contributed by atoms with Gasteiger partial charge in [0.15, 0.2) is 0 Å². The third-order valence-corrected chi connectivity index (χ3v) is 6.34. The number of aryl methyl sites for hydroxylation is 6. The van der Waals surface area contributed by atoms with Gasteiger partial charge in [-0.25, -0.2) is 0 Å². The minimum Gasteiger partial charge on any atom is -0.872 e. The molecule has 0 aliphatic heterocycles. The van der Waals surface area contributed by atoms with E-state index in [1.54, 1.807) is 23.3 Å². The molecule has 0 N–H and O–H groups in total. The van der Waals surface area contributed by atoms with Crippen LogP contribution in [0, 0.1) is 41.5 Å². The van der Waals surface area contributed by atoms with Crippen molar-refractivity contribution in [2.45, 2.75) is 54.6 Å². The van der Waals surface area contributed by atoms with Crippen LogP contribution in [-0.4, -0.2) is 5.43 Å². The fourth-order valence-electron chi connectivity index (χ4n) is 4.21.